The number of aromatic nitrogens is 1. The topological polar surface area (TPSA) is 90.5 Å². The zero-order valence-electron chi connectivity index (χ0n) is 16.4. The average molecular weight is 367 g/mol. The normalized spacial score (nSPS) is 15.0. The van der Waals surface area contributed by atoms with Crippen molar-refractivity contribution in [1.29, 1.82) is 5.41 Å². The molecule has 3 rings (SSSR count). The number of nitrogens with one attached hydrogen (secondary N) is 2. The van der Waals surface area contributed by atoms with E-state index >= 15 is 0 Å². The summed E-state index contributed by atoms with van der Waals surface area (Å²) in [4.78, 5) is 10.0. The number of aliphatic imine (C=N–C) groups is 1. The van der Waals surface area contributed by atoms with E-state index in [-0.39, 0.29) is 0 Å². The van der Waals surface area contributed by atoms with E-state index in [4.69, 9.17) is 15.9 Å². The number of nitrogens with zero attached hydrogens (tertiary/aromatic N) is 2. The molecule has 6 nitrogen and oxygen atoms in total. The van der Waals surface area contributed by atoms with E-state index in [9.17, 15) is 0 Å². The Balaban J connectivity index is 2.00. The smallest absolute Gasteiger partial charge is 0.141 e. The number of nitrogen functional groups attached to an aromatic ring is 1. The maximum Gasteiger partial charge on any atom is 0.141 e. The van der Waals surface area contributed by atoms with E-state index < -0.39 is 0 Å². The molecule has 2 heterocycles. The third-order valence-corrected chi connectivity index (χ3v) is 4.80. The van der Waals surface area contributed by atoms with Crippen molar-refractivity contribution in [2.24, 2.45) is 4.99 Å². The number of ether oxygens (including phenoxy) is 1. The number of benzene rings is 1. The number of aromatic amines is 1. The molecule has 1 aromatic heterocycles. The minimum atomic E-state index is 0.351. The van der Waals surface area contributed by atoms with Crippen LogP contribution >= 0.6 is 0 Å². The van der Waals surface area contributed by atoms with Crippen molar-refractivity contribution in [3.63, 3.8) is 0 Å². The summed E-state index contributed by atoms with van der Waals surface area (Å²) in [5.41, 5.74) is 10.9. The Bertz CT molecular complexity index is 831. The molecule has 0 unspecified atom stereocenters. The highest BCUT2D eigenvalue weighted by molar-refractivity contribution is 6.02. The van der Waals surface area contributed by atoms with Gasteiger partial charge in [-0.2, -0.15) is 0 Å². The molecule has 1 aromatic carbocycles. The lowest BCUT2D eigenvalue weighted by atomic mass is 9.97. The van der Waals surface area contributed by atoms with Crippen LogP contribution in [0.1, 0.15) is 44.2 Å². The van der Waals surface area contributed by atoms with Gasteiger partial charge in [-0.25, -0.2) is 4.99 Å². The summed E-state index contributed by atoms with van der Waals surface area (Å²) >= 11 is 0. The number of nitrogens with two attached hydrogens (primary N) is 1. The number of morpholine rings is 1. The van der Waals surface area contributed by atoms with Gasteiger partial charge in [0.15, 0.2) is 0 Å². The summed E-state index contributed by atoms with van der Waals surface area (Å²) in [6, 6.07) is 8.12. The largest absolute Gasteiger partial charge is 0.398 e. The molecular formula is C21H29N5O. The van der Waals surface area contributed by atoms with Crippen LogP contribution in [-0.4, -0.2) is 48.2 Å². The van der Waals surface area contributed by atoms with Gasteiger partial charge in [-0.1, -0.05) is 26.8 Å². The monoisotopic (exact) mass is 367 g/mol. The molecule has 0 bridgehead atoms. The van der Waals surface area contributed by atoms with Gasteiger partial charge in [0, 0.05) is 30.7 Å². The van der Waals surface area contributed by atoms with Crippen molar-refractivity contribution >= 4 is 23.6 Å². The Morgan fingerprint density at radius 2 is 2.07 bits per heavy atom. The van der Waals surface area contributed by atoms with E-state index in [0.29, 0.717) is 25.0 Å². The zero-order chi connectivity index (χ0) is 19.4. The summed E-state index contributed by atoms with van der Waals surface area (Å²) in [5.74, 6) is 1.57. The molecule has 0 amide bonds. The number of hydrogen-bond donors (Lipinski definition) is 3. The van der Waals surface area contributed by atoms with Gasteiger partial charge in [0.2, 0.25) is 0 Å². The Morgan fingerprint density at radius 3 is 2.74 bits per heavy atom. The van der Waals surface area contributed by atoms with Crippen molar-refractivity contribution in [3.8, 4) is 11.3 Å². The molecule has 1 saturated heterocycles. The van der Waals surface area contributed by atoms with Gasteiger partial charge >= 0.3 is 0 Å². The number of hydrogen-bond acceptors (Lipinski definition) is 4. The highest BCUT2D eigenvalue weighted by Crippen LogP contribution is 2.32. The Labute approximate surface area is 161 Å². The highest BCUT2D eigenvalue weighted by atomic mass is 16.5. The molecule has 6 heteroatoms. The van der Waals surface area contributed by atoms with Crippen LogP contribution in [0.15, 0.2) is 29.3 Å². The molecule has 0 saturated carbocycles. The van der Waals surface area contributed by atoms with E-state index in [1.165, 1.54) is 0 Å². The van der Waals surface area contributed by atoms with Crippen molar-refractivity contribution < 1.29 is 4.74 Å². The van der Waals surface area contributed by atoms with Crippen LogP contribution in [-0.2, 0) is 4.74 Å². The third-order valence-electron chi connectivity index (χ3n) is 4.80. The molecule has 1 aliphatic heterocycles. The third kappa shape index (κ3) is 4.22. The predicted octanol–water partition coefficient (Wildman–Crippen LogP) is 4.16. The zero-order valence-corrected chi connectivity index (χ0v) is 16.4. The summed E-state index contributed by atoms with van der Waals surface area (Å²) in [6.07, 6.45) is 2.71. The van der Waals surface area contributed by atoms with Gasteiger partial charge in [0.1, 0.15) is 11.7 Å². The molecule has 2 aromatic rings. The second-order valence-corrected chi connectivity index (χ2v) is 7.11. The van der Waals surface area contributed by atoms with Crippen LogP contribution in [0.5, 0.6) is 0 Å². The summed E-state index contributed by atoms with van der Waals surface area (Å²) in [7, 11) is 0. The molecular weight excluding hydrogens is 338 g/mol. The van der Waals surface area contributed by atoms with Crippen LogP contribution < -0.4 is 5.73 Å². The van der Waals surface area contributed by atoms with Crippen LogP contribution in [0.3, 0.4) is 0 Å². The average Bonchev–Trinajstić information content (AvgIpc) is 3.10. The van der Waals surface area contributed by atoms with Crippen LogP contribution in [0.2, 0.25) is 0 Å². The van der Waals surface area contributed by atoms with Crippen LogP contribution in [0.25, 0.3) is 11.3 Å². The quantitative estimate of drug-likeness (QED) is 0.421. The Hall–Kier alpha value is -2.60. The van der Waals surface area contributed by atoms with E-state index in [2.05, 4.69) is 36.8 Å². The van der Waals surface area contributed by atoms with E-state index in [0.717, 1.165) is 53.4 Å². The molecule has 0 aliphatic carbocycles. The van der Waals surface area contributed by atoms with Gasteiger partial charge in [-0.05, 0) is 41.7 Å². The fourth-order valence-corrected chi connectivity index (χ4v) is 3.26. The van der Waals surface area contributed by atoms with Crippen LogP contribution in [0.4, 0.5) is 11.5 Å². The molecule has 4 N–H and O–H groups in total. The summed E-state index contributed by atoms with van der Waals surface area (Å²) in [5, 5.41) is 8.68. The Morgan fingerprint density at radius 1 is 1.33 bits per heavy atom. The Kier molecular flexibility index (Phi) is 5.96. The van der Waals surface area contributed by atoms with Gasteiger partial charge in [-0.3, -0.25) is 5.41 Å². The van der Waals surface area contributed by atoms with Crippen LogP contribution in [0, 0.1) is 5.41 Å². The lowest BCUT2D eigenvalue weighted by molar-refractivity contribution is 0.0680. The first-order valence-electron chi connectivity index (χ1n) is 9.58. The molecule has 0 radical (unpaired) electrons. The number of rotatable bonds is 5. The fourth-order valence-electron chi connectivity index (χ4n) is 3.26. The van der Waals surface area contributed by atoms with Gasteiger partial charge in [0.25, 0.3) is 0 Å². The van der Waals surface area contributed by atoms with Gasteiger partial charge in [-0.15, -0.1) is 0 Å². The summed E-state index contributed by atoms with van der Waals surface area (Å²) < 4.78 is 5.41. The molecule has 1 fully saturated rings. The first-order valence-corrected chi connectivity index (χ1v) is 9.58. The van der Waals surface area contributed by atoms with E-state index in [1.807, 2.05) is 29.3 Å². The minimum absolute atomic E-state index is 0.351. The second kappa shape index (κ2) is 8.39. The maximum atomic E-state index is 8.68. The summed E-state index contributed by atoms with van der Waals surface area (Å²) in [6.45, 7) is 9.10. The molecule has 0 atom stereocenters. The number of anilines is 1. The molecule has 27 heavy (non-hydrogen) atoms. The fraction of sp³-hybridized carbons (Fsp3) is 0.429. The van der Waals surface area contributed by atoms with Crippen molar-refractivity contribution in [2.75, 3.05) is 32.0 Å². The first kappa shape index (κ1) is 19.2. The SMILES string of the molecule is CCC=Nc1[nH]c(-c2ccc(N)c(C(C)C)c2)cc1C(=N)N1CCOCC1. The lowest BCUT2D eigenvalue weighted by Gasteiger charge is -2.28. The van der Waals surface area contributed by atoms with Crippen molar-refractivity contribution in [2.45, 2.75) is 33.1 Å². The highest BCUT2D eigenvalue weighted by Gasteiger charge is 2.20. The second-order valence-electron chi connectivity index (χ2n) is 7.11. The number of amidine groups is 1. The molecule has 0 spiro atoms. The molecule has 1 aliphatic rings. The lowest BCUT2D eigenvalue weighted by Crippen LogP contribution is -2.40. The minimum Gasteiger partial charge on any atom is -0.398 e. The number of H-pyrrole nitrogens is 1. The first-order chi connectivity index (χ1) is 13.0. The molecule has 144 valence electrons. The van der Waals surface area contributed by atoms with Gasteiger partial charge < -0.3 is 20.4 Å². The van der Waals surface area contributed by atoms with Crippen molar-refractivity contribution in [1.82, 2.24) is 9.88 Å². The van der Waals surface area contributed by atoms with E-state index in [1.54, 1.807) is 0 Å². The predicted molar refractivity (Wildman–Crippen MR) is 112 cm³/mol. The maximum absolute atomic E-state index is 8.68. The van der Waals surface area contributed by atoms with Gasteiger partial charge in [0.05, 0.1) is 18.8 Å². The standard InChI is InChI=1S/C21H29N5O/c1-4-7-24-21-17(20(23)26-8-10-27-11-9-26)13-19(25-21)15-5-6-18(22)16(12-15)14(2)3/h5-7,12-14,23,25H,4,8-11,22H2,1-3H3. The van der Waals surface area contributed by atoms with Crippen molar-refractivity contribution in [3.05, 3.63) is 35.4 Å².